The molecule has 1 aromatic carbocycles. The molecule has 0 unspecified atom stereocenters. The predicted molar refractivity (Wildman–Crippen MR) is 67.7 cm³/mol. The summed E-state index contributed by atoms with van der Waals surface area (Å²) >= 11 is 0. The second-order valence-corrected chi connectivity index (χ2v) is 3.87. The minimum absolute atomic E-state index is 0.164. The Balaban J connectivity index is 2.24. The summed E-state index contributed by atoms with van der Waals surface area (Å²) in [5, 5.41) is 2.67. The topological polar surface area (TPSA) is 68.0 Å². The number of benzene rings is 1. The van der Waals surface area contributed by atoms with Gasteiger partial charge in [0.05, 0.1) is 11.8 Å². The maximum atomic E-state index is 12.9. The molecule has 0 aliphatic heterocycles. The smallest absolute Gasteiger partial charge is 0.257 e. The summed E-state index contributed by atoms with van der Waals surface area (Å²) < 4.78 is 12.9. The van der Waals surface area contributed by atoms with E-state index in [1.807, 2.05) is 0 Å². The molecule has 5 heteroatoms. The number of carbonyl (C=O) groups excluding carboxylic acids is 1. The number of hydrogen-bond acceptors (Lipinski definition) is 3. The number of nitrogens with zero attached hydrogens (tertiary/aromatic N) is 1. The van der Waals surface area contributed by atoms with Crippen LogP contribution in [0.2, 0.25) is 0 Å². The van der Waals surface area contributed by atoms with Crippen LogP contribution in [0.4, 0.5) is 15.8 Å². The molecular formula is C13H12FN3O. The van der Waals surface area contributed by atoms with E-state index < -0.39 is 11.7 Å². The van der Waals surface area contributed by atoms with Crippen LogP contribution in [-0.2, 0) is 0 Å². The van der Waals surface area contributed by atoms with Crippen molar-refractivity contribution in [2.24, 2.45) is 0 Å². The maximum Gasteiger partial charge on any atom is 0.257 e. The molecule has 1 amide bonds. The first-order chi connectivity index (χ1) is 8.58. The van der Waals surface area contributed by atoms with Crippen molar-refractivity contribution in [2.45, 2.75) is 6.92 Å². The number of rotatable bonds is 2. The summed E-state index contributed by atoms with van der Waals surface area (Å²) in [5.41, 5.74) is 7.86. The van der Waals surface area contributed by atoms with Crippen LogP contribution < -0.4 is 11.1 Å². The average Bonchev–Trinajstić information content (AvgIpc) is 2.35. The van der Waals surface area contributed by atoms with Crippen LogP contribution in [-0.4, -0.2) is 10.9 Å². The van der Waals surface area contributed by atoms with Gasteiger partial charge in [0, 0.05) is 17.6 Å². The molecule has 0 saturated heterocycles. The molecule has 2 aromatic rings. The van der Waals surface area contributed by atoms with Gasteiger partial charge in [-0.2, -0.15) is 0 Å². The lowest BCUT2D eigenvalue weighted by atomic mass is 10.1. The van der Waals surface area contributed by atoms with Crippen LogP contribution in [0, 0.1) is 12.7 Å². The quantitative estimate of drug-likeness (QED) is 0.798. The molecule has 0 fully saturated rings. The third-order valence-corrected chi connectivity index (χ3v) is 2.59. The first-order valence-corrected chi connectivity index (χ1v) is 5.35. The van der Waals surface area contributed by atoms with Crippen molar-refractivity contribution in [2.75, 3.05) is 11.1 Å². The molecule has 3 N–H and O–H groups in total. The third kappa shape index (κ3) is 2.45. The number of carbonyl (C=O) groups is 1. The number of amides is 1. The lowest BCUT2D eigenvalue weighted by Crippen LogP contribution is -2.13. The number of aromatic nitrogens is 1. The fourth-order valence-corrected chi connectivity index (χ4v) is 1.52. The molecule has 0 bridgehead atoms. The summed E-state index contributed by atoms with van der Waals surface area (Å²) in [6, 6.07) is 6.34. The fourth-order valence-electron chi connectivity index (χ4n) is 1.52. The molecule has 0 atom stereocenters. The Bertz CT molecular complexity index is 599. The van der Waals surface area contributed by atoms with Crippen LogP contribution in [0.3, 0.4) is 0 Å². The standard InChI is InChI=1S/C13H12FN3O/c1-8-11(15)3-2-4-12(8)17-13(18)9-5-10(14)7-16-6-9/h2-7H,15H2,1H3,(H,17,18). The van der Waals surface area contributed by atoms with Crippen molar-refractivity contribution in [3.63, 3.8) is 0 Å². The number of pyridine rings is 1. The zero-order valence-electron chi connectivity index (χ0n) is 9.77. The Morgan fingerprint density at radius 2 is 2.17 bits per heavy atom. The maximum absolute atomic E-state index is 12.9. The fraction of sp³-hybridized carbons (Fsp3) is 0.0769. The van der Waals surface area contributed by atoms with Gasteiger partial charge in [-0.15, -0.1) is 0 Å². The second kappa shape index (κ2) is 4.83. The van der Waals surface area contributed by atoms with Gasteiger partial charge in [0.1, 0.15) is 5.82 Å². The number of nitrogens with two attached hydrogens (primary N) is 1. The van der Waals surface area contributed by atoms with E-state index in [2.05, 4.69) is 10.3 Å². The highest BCUT2D eigenvalue weighted by Crippen LogP contribution is 2.21. The molecule has 0 aliphatic carbocycles. The minimum Gasteiger partial charge on any atom is -0.398 e. The molecule has 2 rings (SSSR count). The predicted octanol–water partition coefficient (Wildman–Crippen LogP) is 2.36. The largest absolute Gasteiger partial charge is 0.398 e. The van der Waals surface area contributed by atoms with Crippen molar-refractivity contribution in [1.29, 1.82) is 0 Å². The molecule has 18 heavy (non-hydrogen) atoms. The number of nitrogens with one attached hydrogen (secondary N) is 1. The molecule has 1 aromatic heterocycles. The van der Waals surface area contributed by atoms with Gasteiger partial charge in [0.15, 0.2) is 0 Å². The summed E-state index contributed by atoms with van der Waals surface area (Å²) in [7, 11) is 0. The zero-order chi connectivity index (χ0) is 13.1. The van der Waals surface area contributed by atoms with E-state index in [4.69, 9.17) is 5.73 Å². The van der Waals surface area contributed by atoms with E-state index in [0.717, 1.165) is 17.8 Å². The van der Waals surface area contributed by atoms with Gasteiger partial charge >= 0.3 is 0 Å². The van der Waals surface area contributed by atoms with E-state index in [1.54, 1.807) is 25.1 Å². The Hall–Kier alpha value is -2.43. The molecule has 0 spiro atoms. The number of hydrogen-bond donors (Lipinski definition) is 2. The molecular weight excluding hydrogens is 233 g/mol. The van der Waals surface area contributed by atoms with E-state index in [-0.39, 0.29) is 5.56 Å². The normalized spacial score (nSPS) is 10.1. The van der Waals surface area contributed by atoms with Crippen molar-refractivity contribution in [1.82, 2.24) is 4.98 Å². The van der Waals surface area contributed by atoms with E-state index >= 15 is 0 Å². The summed E-state index contributed by atoms with van der Waals surface area (Å²) in [4.78, 5) is 15.5. The Labute approximate surface area is 104 Å². The zero-order valence-corrected chi connectivity index (χ0v) is 9.77. The van der Waals surface area contributed by atoms with Crippen molar-refractivity contribution in [3.05, 3.63) is 53.6 Å². The monoisotopic (exact) mass is 245 g/mol. The average molecular weight is 245 g/mol. The Morgan fingerprint density at radius 1 is 1.39 bits per heavy atom. The van der Waals surface area contributed by atoms with Crippen LogP contribution in [0.25, 0.3) is 0 Å². The minimum atomic E-state index is -0.549. The number of anilines is 2. The van der Waals surface area contributed by atoms with E-state index in [0.29, 0.717) is 11.4 Å². The highest BCUT2D eigenvalue weighted by molar-refractivity contribution is 6.04. The first-order valence-electron chi connectivity index (χ1n) is 5.35. The SMILES string of the molecule is Cc1c(N)cccc1NC(=O)c1cncc(F)c1. The van der Waals surface area contributed by atoms with Gasteiger partial charge in [-0.25, -0.2) is 4.39 Å². The molecule has 0 radical (unpaired) electrons. The summed E-state index contributed by atoms with van der Waals surface area (Å²) in [6.07, 6.45) is 2.35. The van der Waals surface area contributed by atoms with Gasteiger partial charge in [0.25, 0.3) is 5.91 Å². The number of halogens is 1. The second-order valence-electron chi connectivity index (χ2n) is 3.87. The molecule has 4 nitrogen and oxygen atoms in total. The number of nitrogen functional groups attached to an aromatic ring is 1. The molecule has 0 aliphatic rings. The third-order valence-electron chi connectivity index (χ3n) is 2.59. The lowest BCUT2D eigenvalue weighted by Gasteiger charge is -2.09. The van der Waals surface area contributed by atoms with Gasteiger partial charge in [0.2, 0.25) is 0 Å². The van der Waals surface area contributed by atoms with Crippen molar-refractivity contribution < 1.29 is 9.18 Å². The van der Waals surface area contributed by atoms with E-state index in [9.17, 15) is 9.18 Å². The van der Waals surface area contributed by atoms with E-state index in [1.165, 1.54) is 6.20 Å². The van der Waals surface area contributed by atoms with Gasteiger partial charge in [-0.05, 0) is 30.7 Å². The lowest BCUT2D eigenvalue weighted by molar-refractivity contribution is 0.102. The molecule has 0 saturated carbocycles. The highest BCUT2D eigenvalue weighted by Gasteiger charge is 2.09. The van der Waals surface area contributed by atoms with Crippen LogP contribution >= 0.6 is 0 Å². The van der Waals surface area contributed by atoms with Crippen molar-refractivity contribution >= 4 is 17.3 Å². The van der Waals surface area contributed by atoms with Crippen LogP contribution in [0.15, 0.2) is 36.7 Å². The van der Waals surface area contributed by atoms with Crippen LogP contribution in [0.1, 0.15) is 15.9 Å². The highest BCUT2D eigenvalue weighted by atomic mass is 19.1. The summed E-state index contributed by atoms with van der Waals surface area (Å²) in [6.45, 7) is 1.80. The Kier molecular flexibility index (Phi) is 3.23. The molecule has 1 heterocycles. The van der Waals surface area contributed by atoms with Crippen LogP contribution in [0.5, 0.6) is 0 Å². The first kappa shape index (κ1) is 12.0. The molecule has 92 valence electrons. The van der Waals surface area contributed by atoms with Gasteiger partial charge in [-0.3, -0.25) is 9.78 Å². The van der Waals surface area contributed by atoms with Gasteiger partial charge < -0.3 is 11.1 Å². The van der Waals surface area contributed by atoms with Crippen molar-refractivity contribution in [3.8, 4) is 0 Å². The van der Waals surface area contributed by atoms with Gasteiger partial charge in [-0.1, -0.05) is 6.07 Å². The summed E-state index contributed by atoms with van der Waals surface area (Å²) in [5.74, 6) is -0.970. The Morgan fingerprint density at radius 3 is 2.89 bits per heavy atom.